The highest BCUT2D eigenvalue weighted by Crippen LogP contribution is 2.22. The molecule has 0 fully saturated rings. The van der Waals surface area contributed by atoms with E-state index in [4.69, 9.17) is 0 Å². The SMILES string of the molecule is COCC(=O)Nc1ccc(NS(=O)(=O)c2cc(C(=O)OC)ccc2F)cc1. The van der Waals surface area contributed by atoms with Gasteiger partial charge in [0.05, 0.1) is 12.7 Å². The summed E-state index contributed by atoms with van der Waals surface area (Å²) in [5.41, 5.74) is 0.469. The van der Waals surface area contributed by atoms with Gasteiger partial charge < -0.3 is 14.8 Å². The van der Waals surface area contributed by atoms with E-state index < -0.39 is 26.7 Å². The van der Waals surface area contributed by atoms with Crippen LogP contribution in [0.1, 0.15) is 10.4 Å². The number of carbonyl (C=O) groups is 2. The van der Waals surface area contributed by atoms with Gasteiger partial charge in [0.2, 0.25) is 5.91 Å². The summed E-state index contributed by atoms with van der Waals surface area (Å²) in [5.74, 6) is -2.17. The maximum Gasteiger partial charge on any atom is 0.337 e. The molecule has 0 saturated carbocycles. The van der Waals surface area contributed by atoms with Crippen LogP contribution in [0.2, 0.25) is 0 Å². The van der Waals surface area contributed by atoms with Gasteiger partial charge in [-0.2, -0.15) is 0 Å². The lowest BCUT2D eigenvalue weighted by molar-refractivity contribution is -0.119. The number of hydrogen-bond acceptors (Lipinski definition) is 6. The molecule has 0 bridgehead atoms. The smallest absolute Gasteiger partial charge is 0.337 e. The molecule has 2 aromatic carbocycles. The van der Waals surface area contributed by atoms with Gasteiger partial charge >= 0.3 is 5.97 Å². The van der Waals surface area contributed by atoms with Crippen LogP contribution in [0.4, 0.5) is 15.8 Å². The van der Waals surface area contributed by atoms with Crippen LogP contribution in [-0.2, 0) is 24.3 Å². The number of rotatable bonds is 7. The number of anilines is 2. The van der Waals surface area contributed by atoms with Gasteiger partial charge in [-0.3, -0.25) is 9.52 Å². The predicted octanol–water partition coefficient (Wildman–Crippen LogP) is 2.00. The van der Waals surface area contributed by atoms with Crippen LogP contribution in [0, 0.1) is 5.82 Å². The molecule has 0 radical (unpaired) electrons. The van der Waals surface area contributed by atoms with Gasteiger partial charge in [0.15, 0.2) is 0 Å². The van der Waals surface area contributed by atoms with Crippen molar-refractivity contribution in [2.24, 2.45) is 0 Å². The average Bonchev–Trinajstić information content (AvgIpc) is 2.63. The largest absolute Gasteiger partial charge is 0.465 e. The van der Waals surface area contributed by atoms with E-state index >= 15 is 0 Å². The first kappa shape index (κ1) is 20.3. The molecule has 0 atom stereocenters. The normalized spacial score (nSPS) is 10.9. The van der Waals surface area contributed by atoms with Crippen LogP contribution in [0.25, 0.3) is 0 Å². The standard InChI is InChI=1S/C17H17FN2O6S/c1-25-10-16(21)19-12-4-6-13(7-5-12)20-27(23,24)15-9-11(17(22)26-2)3-8-14(15)18/h3-9,20H,10H2,1-2H3,(H,19,21). The molecule has 0 spiro atoms. The van der Waals surface area contributed by atoms with E-state index in [1.807, 2.05) is 0 Å². The molecule has 2 rings (SSSR count). The Labute approximate surface area is 155 Å². The number of halogens is 1. The van der Waals surface area contributed by atoms with Crippen molar-refractivity contribution in [3.8, 4) is 0 Å². The Bertz CT molecular complexity index is 944. The van der Waals surface area contributed by atoms with Crippen molar-refractivity contribution < 1.29 is 31.9 Å². The molecule has 0 aliphatic carbocycles. The van der Waals surface area contributed by atoms with Crippen LogP contribution in [-0.4, -0.2) is 41.1 Å². The fourth-order valence-corrected chi connectivity index (χ4v) is 3.28. The number of nitrogens with one attached hydrogen (secondary N) is 2. The van der Waals surface area contributed by atoms with E-state index in [-0.39, 0.29) is 23.8 Å². The zero-order valence-corrected chi connectivity index (χ0v) is 15.3. The summed E-state index contributed by atoms with van der Waals surface area (Å²) >= 11 is 0. The lowest BCUT2D eigenvalue weighted by Gasteiger charge is -2.11. The average molecular weight is 396 g/mol. The third-order valence-corrected chi connectivity index (χ3v) is 4.73. The number of esters is 1. The minimum Gasteiger partial charge on any atom is -0.465 e. The Morgan fingerprint density at radius 1 is 1.04 bits per heavy atom. The number of benzene rings is 2. The van der Waals surface area contributed by atoms with Gasteiger partial charge in [0.25, 0.3) is 10.0 Å². The molecule has 2 N–H and O–H groups in total. The quantitative estimate of drug-likeness (QED) is 0.693. The van der Waals surface area contributed by atoms with Crippen molar-refractivity contribution in [1.82, 2.24) is 0 Å². The summed E-state index contributed by atoms with van der Waals surface area (Å²) < 4.78 is 50.3. The van der Waals surface area contributed by atoms with E-state index in [1.165, 1.54) is 31.4 Å². The van der Waals surface area contributed by atoms with Crippen LogP contribution >= 0.6 is 0 Å². The van der Waals surface area contributed by atoms with Crippen molar-refractivity contribution >= 4 is 33.3 Å². The second-order valence-electron chi connectivity index (χ2n) is 5.30. The molecule has 0 aromatic heterocycles. The number of ether oxygens (including phenoxy) is 2. The maximum absolute atomic E-state index is 14.0. The maximum atomic E-state index is 14.0. The lowest BCUT2D eigenvalue weighted by atomic mass is 10.2. The van der Waals surface area contributed by atoms with Gasteiger partial charge in [-0.15, -0.1) is 0 Å². The summed E-state index contributed by atoms with van der Waals surface area (Å²) in [6.07, 6.45) is 0. The van der Waals surface area contributed by atoms with Crippen LogP contribution in [0.15, 0.2) is 47.4 Å². The summed E-state index contributed by atoms with van der Waals surface area (Å²) in [5, 5.41) is 2.55. The van der Waals surface area contributed by atoms with Gasteiger partial charge in [-0.1, -0.05) is 0 Å². The Morgan fingerprint density at radius 2 is 1.67 bits per heavy atom. The molecular weight excluding hydrogens is 379 g/mol. The molecule has 2 aromatic rings. The molecule has 0 heterocycles. The second kappa shape index (κ2) is 8.60. The lowest BCUT2D eigenvalue weighted by Crippen LogP contribution is -2.17. The third kappa shape index (κ3) is 5.25. The zero-order valence-electron chi connectivity index (χ0n) is 14.5. The second-order valence-corrected chi connectivity index (χ2v) is 6.95. The number of sulfonamides is 1. The zero-order chi connectivity index (χ0) is 20.0. The molecule has 144 valence electrons. The van der Waals surface area contributed by atoms with Crippen molar-refractivity contribution in [3.05, 3.63) is 53.8 Å². The number of amides is 1. The number of carbonyl (C=O) groups excluding carboxylic acids is 2. The van der Waals surface area contributed by atoms with Gasteiger partial charge in [-0.25, -0.2) is 17.6 Å². The molecule has 1 amide bonds. The van der Waals surface area contributed by atoms with Crippen molar-refractivity contribution in [2.45, 2.75) is 4.90 Å². The Kier molecular flexibility index (Phi) is 6.48. The first-order chi connectivity index (χ1) is 12.8. The van der Waals surface area contributed by atoms with Crippen LogP contribution in [0.3, 0.4) is 0 Å². The van der Waals surface area contributed by atoms with Gasteiger partial charge in [0, 0.05) is 18.5 Å². The summed E-state index contributed by atoms with van der Waals surface area (Å²) in [4.78, 5) is 22.3. The van der Waals surface area contributed by atoms with E-state index in [2.05, 4.69) is 19.5 Å². The van der Waals surface area contributed by atoms with Crippen molar-refractivity contribution in [2.75, 3.05) is 30.9 Å². The van der Waals surface area contributed by atoms with E-state index in [0.717, 1.165) is 25.3 Å². The van der Waals surface area contributed by atoms with E-state index in [1.54, 1.807) is 0 Å². The molecule has 0 unspecified atom stereocenters. The molecule has 0 aliphatic rings. The van der Waals surface area contributed by atoms with Crippen LogP contribution < -0.4 is 10.0 Å². The molecule has 10 heteroatoms. The third-order valence-electron chi connectivity index (χ3n) is 3.34. The monoisotopic (exact) mass is 396 g/mol. The van der Waals surface area contributed by atoms with Crippen molar-refractivity contribution in [3.63, 3.8) is 0 Å². The Hall–Kier alpha value is -2.98. The first-order valence-corrected chi connectivity index (χ1v) is 9.04. The highest BCUT2D eigenvalue weighted by Gasteiger charge is 2.21. The summed E-state index contributed by atoms with van der Waals surface area (Å²) in [6.45, 7) is -0.121. The van der Waals surface area contributed by atoms with Gasteiger partial charge in [0.1, 0.15) is 17.3 Å². The Morgan fingerprint density at radius 3 is 2.26 bits per heavy atom. The minimum atomic E-state index is -4.29. The fraction of sp³-hybridized carbons (Fsp3) is 0.176. The summed E-state index contributed by atoms with van der Waals surface area (Å²) in [7, 11) is -1.78. The van der Waals surface area contributed by atoms with Crippen molar-refractivity contribution in [1.29, 1.82) is 0 Å². The minimum absolute atomic E-state index is 0.101. The predicted molar refractivity (Wildman–Crippen MR) is 95.5 cm³/mol. The molecule has 0 saturated heterocycles. The fourth-order valence-electron chi connectivity index (χ4n) is 2.11. The molecule has 27 heavy (non-hydrogen) atoms. The molecule has 0 aliphatic heterocycles. The molecule has 8 nitrogen and oxygen atoms in total. The first-order valence-electron chi connectivity index (χ1n) is 7.56. The number of methoxy groups -OCH3 is 2. The summed E-state index contributed by atoms with van der Waals surface area (Å²) in [6, 6.07) is 8.60. The van der Waals surface area contributed by atoms with E-state index in [0.29, 0.717) is 5.69 Å². The molecular formula is C17H17FN2O6S. The van der Waals surface area contributed by atoms with E-state index in [9.17, 15) is 22.4 Å². The highest BCUT2D eigenvalue weighted by molar-refractivity contribution is 7.92. The number of hydrogen-bond donors (Lipinski definition) is 2. The highest BCUT2D eigenvalue weighted by atomic mass is 32.2. The Balaban J connectivity index is 2.21. The van der Waals surface area contributed by atoms with Gasteiger partial charge in [-0.05, 0) is 42.5 Å². The van der Waals surface area contributed by atoms with Crippen LogP contribution in [0.5, 0.6) is 0 Å². The topological polar surface area (TPSA) is 111 Å².